The standard InChI is InChI=1S/C26H29N3O5S/c1-19(2)33-24-14-10-21(11-15-24)18-27-28-26(30)20(3)29(35(4,31)32)22-12-16-25(17-13-22)34-23-8-6-5-7-9-23/h5-20H,1-4H3,(H,28,30)/b27-18-/t20-/m0/s1. The van der Waals surface area contributed by atoms with Gasteiger partial charge in [0.15, 0.2) is 0 Å². The summed E-state index contributed by atoms with van der Waals surface area (Å²) in [5.41, 5.74) is 3.50. The van der Waals surface area contributed by atoms with Crippen LogP contribution in [0.4, 0.5) is 5.69 Å². The SMILES string of the molecule is CC(C)Oc1ccc(/C=N\NC(=O)[C@H](C)N(c2ccc(Oc3ccccc3)cc2)S(C)(=O)=O)cc1. The summed E-state index contributed by atoms with van der Waals surface area (Å²) in [6, 6.07) is 21.9. The molecule has 3 aromatic carbocycles. The summed E-state index contributed by atoms with van der Waals surface area (Å²) < 4.78 is 37.4. The van der Waals surface area contributed by atoms with E-state index in [1.165, 1.54) is 13.1 Å². The molecule has 0 heterocycles. The van der Waals surface area contributed by atoms with Crippen LogP contribution in [0.3, 0.4) is 0 Å². The van der Waals surface area contributed by atoms with Crippen LogP contribution in [0.2, 0.25) is 0 Å². The second kappa shape index (κ2) is 11.5. The number of anilines is 1. The summed E-state index contributed by atoms with van der Waals surface area (Å²) in [6.07, 6.45) is 2.60. The van der Waals surface area contributed by atoms with Gasteiger partial charge in [0.1, 0.15) is 23.3 Å². The quantitative estimate of drug-likeness (QED) is 0.328. The van der Waals surface area contributed by atoms with Crippen molar-refractivity contribution in [3.63, 3.8) is 0 Å². The van der Waals surface area contributed by atoms with E-state index in [1.54, 1.807) is 36.4 Å². The molecular formula is C26H29N3O5S. The van der Waals surface area contributed by atoms with Crippen LogP contribution >= 0.6 is 0 Å². The fourth-order valence-electron chi connectivity index (χ4n) is 3.26. The summed E-state index contributed by atoms with van der Waals surface area (Å²) >= 11 is 0. The Morgan fingerprint density at radius 2 is 1.46 bits per heavy atom. The van der Waals surface area contributed by atoms with Gasteiger partial charge in [-0.2, -0.15) is 5.10 Å². The summed E-state index contributed by atoms with van der Waals surface area (Å²) in [4.78, 5) is 12.7. The van der Waals surface area contributed by atoms with Crippen LogP contribution in [0.5, 0.6) is 17.2 Å². The highest BCUT2D eigenvalue weighted by Crippen LogP contribution is 2.27. The molecule has 1 atom stereocenters. The van der Waals surface area contributed by atoms with Crippen molar-refractivity contribution in [2.24, 2.45) is 5.10 Å². The van der Waals surface area contributed by atoms with Crippen LogP contribution in [0.1, 0.15) is 26.3 Å². The summed E-state index contributed by atoms with van der Waals surface area (Å²) in [5, 5.41) is 3.97. The number of hydrazone groups is 1. The number of carbonyl (C=O) groups excluding carboxylic acids is 1. The smallest absolute Gasteiger partial charge is 0.263 e. The van der Waals surface area contributed by atoms with E-state index in [0.29, 0.717) is 17.2 Å². The maximum Gasteiger partial charge on any atom is 0.263 e. The number of benzene rings is 3. The Bertz CT molecular complexity index is 1240. The molecule has 0 radical (unpaired) electrons. The lowest BCUT2D eigenvalue weighted by Gasteiger charge is -2.27. The Labute approximate surface area is 206 Å². The first-order valence-electron chi connectivity index (χ1n) is 11.1. The molecule has 3 rings (SSSR count). The molecule has 0 bridgehead atoms. The zero-order valence-corrected chi connectivity index (χ0v) is 20.9. The Kier molecular flexibility index (Phi) is 8.48. The van der Waals surface area contributed by atoms with Crippen molar-refractivity contribution >= 4 is 27.8 Å². The zero-order chi connectivity index (χ0) is 25.4. The number of ether oxygens (including phenoxy) is 2. The summed E-state index contributed by atoms with van der Waals surface area (Å²) in [5.74, 6) is 1.36. The maximum absolute atomic E-state index is 12.7. The fourth-order valence-corrected chi connectivity index (χ4v) is 4.44. The minimum Gasteiger partial charge on any atom is -0.491 e. The third-order valence-corrected chi connectivity index (χ3v) is 6.04. The number of para-hydroxylation sites is 1. The van der Waals surface area contributed by atoms with Crippen molar-refractivity contribution in [1.82, 2.24) is 5.43 Å². The average Bonchev–Trinajstić information content (AvgIpc) is 2.81. The molecule has 0 saturated carbocycles. The van der Waals surface area contributed by atoms with Gasteiger partial charge in [-0.3, -0.25) is 9.10 Å². The van der Waals surface area contributed by atoms with Crippen molar-refractivity contribution in [3.05, 3.63) is 84.4 Å². The van der Waals surface area contributed by atoms with Gasteiger partial charge in [0.25, 0.3) is 5.91 Å². The number of amides is 1. The van der Waals surface area contributed by atoms with Crippen molar-refractivity contribution in [3.8, 4) is 17.2 Å². The average molecular weight is 496 g/mol. The minimum atomic E-state index is -3.76. The van der Waals surface area contributed by atoms with Gasteiger partial charge in [-0.15, -0.1) is 0 Å². The van der Waals surface area contributed by atoms with Crippen LogP contribution in [0.25, 0.3) is 0 Å². The normalized spacial score (nSPS) is 12.4. The Morgan fingerprint density at radius 1 is 0.886 bits per heavy atom. The topological polar surface area (TPSA) is 97.3 Å². The van der Waals surface area contributed by atoms with Crippen molar-refractivity contribution in [1.29, 1.82) is 0 Å². The van der Waals surface area contributed by atoms with E-state index in [4.69, 9.17) is 9.47 Å². The van der Waals surface area contributed by atoms with Crippen molar-refractivity contribution in [2.45, 2.75) is 32.9 Å². The molecule has 0 unspecified atom stereocenters. The Hall–Kier alpha value is -3.85. The van der Waals surface area contributed by atoms with Gasteiger partial charge in [0, 0.05) is 0 Å². The lowest BCUT2D eigenvalue weighted by molar-refractivity contribution is -0.121. The van der Waals surface area contributed by atoms with Gasteiger partial charge in [-0.1, -0.05) is 18.2 Å². The molecule has 3 aromatic rings. The first-order valence-corrected chi connectivity index (χ1v) is 12.9. The highest BCUT2D eigenvalue weighted by molar-refractivity contribution is 7.92. The molecule has 1 N–H and O–H groups in total. The van der Waals surface area contributed by atoms with E-state index >= 15 is 0 Å². The van der Waals surface area contributed by atoms with Gasteiger partial charge in [0.05, 0.1) is 24.3 Å². The Balaban J connectivity index is 1.67. The van der Waals surface area contributed by atoms with E-state index < -0.39 is 22.0 Å². The second-order valence-electron chi connectivity index (χ2n) is 8.11. The predicted molar refractivity (Wildman–Crippen MR) is 138 cm³/mol. The number of hydrogen-bond acceptors (Lipinski definition) is 6. The van der Waals surface area contributed by atoms with E-state index in [0.717, 1.165) is 21.9 Å². The predicted octanol–water partition coefficient (Wildman–Crippen LogP) is 4.57. The lowest BCUT2D eigenvalue weighted by atomic mass is 10.2. The maximum atomic E-state index is 12.7. The highest BCUT2D eigenvalue weighted by atomic mass is 32.2. The first kappa shape index (κ1) is 25.8. The minimum absolute atomic E-state index is 0.0701. The van der Waals surface area contributed by atoms with E-state index in [9.17, 15) is 13.2 Å². The third-order valence-electron chi connectivity index (χ3n) is 4.80. The number of rotatable bonds is 10. The third kappa shape index (κ3) is 7.58. The molecule has 0 aromatic heterocycles. The lowest BCUT2D eigenvalue weighted by Crippen LogP contribution is -2.46. The highest BCUT2D eigenvalue weighted by Gasteiger charge is 2.29. The molecule has 0 aliphatic heterocycles. The molecule has 0 fully saturated rings. The Morgan fingerprint density at radius 3 is 2.03 bits per heavy atom. The molecule has 9 heteroatoms. The van der Waals surface area contributed by atoms with Crippen LogP contribution in [-0.4, -0.2) is 38.9 Å². The number of carbonyl (C=O) groups is 1. The largest absolute Gasteiger partial charge is 0.491 e. The molecule has 35 heavy (non-hydrogen) atoms. The van der Waals surface area contributed by atoms with E-state index in [2.05, 4.69) is 10.5 Å². The molecule has 8 nitrogen and oxygen atoms in total. The number of sulfonamides is 1. The summed E-state index contributed by atoms with van der Waals surface area (Å²) in [7, 11) is -3.76. The van der Waals surface area contributed by atoms with Crippen molar-refractivity contribution in [2.75, 3.05) is 10.6 Å². The summed E-state index contributed by atoms with van der Waals surface area (Å²) in [6.45, 7) is 5.38. The van der Waals surface area contributed by atoms with E-state index in [-0.39, 0.29) is 6.10 Å². The van der Waals surface area contributed by atoms with Gasteiger partial charge in [-0.25, -0.2) is 13.8 Å². The molecular weight excluding hydrogens is 466 g/mol. The monoisotopic (exact) mass is 495 g/mol. The first-order chi connectivity index (χ1) is 16.6. The zero-order valence-electron chi connectivity index (χ0n) is 20.1. The van der Waals surface area contributed by atoms with Gasteiger partial charge in [0.2, 0.25) is 10.0 Å². The molecule has 184 valence electrons. The molecule has 0 saturated heterocycles. The molecule has 0 aliphatic rings. The van der Waals surface area contributed by atoms with Gasteiger partial charge < -0.3 is 9.47 Å². The number of nitrogens with one attached hydrogen (secondary N) is 1. The van der Waals surface area contributed by atoms with Gasteiger partial charge in [-0.05, 0) is 87.0 Å². The molecule has 1 amide bonds. The number of nitrogens with zero attached hydrogens (tertiary/aromatic N) is 2. The number of hydrogen-bond donors (Lipinski definition) is 1. The second-order valence-corrected chi connectivity index (χ2v) is 9.97. The van der Waals surface area contributed by atoms with E-state index in [1.807, 2.05) is 56.3 Å². The molecule has 0 aliphatic carbocycles. The van der Waals surface area contributed by atoms with Crippen molar-refractivity contribution < 1.29 is 22.7 Å². The van der Waals surface area contributed by atoms with Crippen LogP contribution in [0, 0.1) is 0 Å². The van der Waals surface area contributed by atoms with Crippen LogP contribution in [-0.2, 0) is 14.8 Å². The van der Waals surface area contributed by atoms with Crippen LogP contribution < -0.4 is 19.2 Å². The van der Waals surface area contributed by atoms with Crippen LogP contribution in [0.15, 0.2) is 84.0 Å². The van der Waals surface area contributed by atoms with Gasteiger partial charge >= 0.3 is 0 Å². The molecule has 0 spiro atoms. The fraction of sp³-hybridized carbons (Fsp3) is 0.231.